The predicted molar refractivity (Wildman–Crippen MR) is 22.1 cm³/mol. The van der Waals surface area contributed by atoms with Gasteiger partial charge < -0.3 is 4.74 Å². The van der Waals surface area contributed by atoms with Gasteiger partial charge in [0.15, 0.2) is 5.97 Å². The van der Waals surface area contributed by atoms with E-state index in [1.165, 1.54) is 0 Å². The topological polar surface area (TPSA) is 43.4 Å². The monoisotopic (exact) mass is 157 g/mol. The molecule has 0 aliphatic carbocycles. The van der Waals surface area contributed by atoms with Crippen LogP contribution in [0.4, 0.5) is 0 Å². The first-order valence-corrected chi connectivity index (χ1v) is 1.67. The quantitative estimate of drug-likeness (QED) is 0.213. The Morgan fingerprint density at radius 1 is 1.50 bits per heavy atom. The van der Waals surface area contributed by atoms with E-state index in [2.05, 4.69) is 11.7 Å². The van der Waals surface area contributed by atoms with Crippen molar-refractivity contribution in [3.63, 3.8) is 0 Å². The molecule has 0 atom stereocenters. The van der Waals surface area contributed by atoms with Crippen LogP contribution in [0.5, 0.6) is 0 Å². The van der Waals surface area contributed by atoms with Crippen molar-refractivity contribution in [3.8, 4) is 0 Å². The third-order valence-corrected chi connectivity index (χ3v) is 0.258. The van der Waals surface area contributed by atoms with Crippen molar-refractivity contribution in [2.24, 2.45) is 0 Å². The SMILES string of the molecule is [CH2-]C(=O)OC(C)=O.[Fe]. The van der Waals surface area contributed by atoms with Crippen molar-refractivity contribution in [3.05, 3.63) is 6.92 Å². The molecular weight excluding hydrogens is 152 g/mol. The number of rotatable bonds is 0. The molecule has 48 valence electrons. The minimum Gasteiger partial charge on any atom is -0.421 e. The van der Waals surface area contributed by atoms with Gasteiger partial charge in [0.1, 0.15) is 0 Å². The molecule has 8 heavy (non-hydrogen) atoms. The molecular formula is C4H5FeO3-. The maximum atomic E-state index is 9.77. The molecule has 0 aliphatic heterocycles. The maximum Gasteiger partial charge on any atom is 0.308 e. The Hall–Kier alpha value is -0.471. The molecule has 0 aromatic heterocycles. The summed E-state index contributed by atoms with van der Waals surface area (Å²) in [4.78, 5) is 19.5. The average molecular weight is 157 g/mol. The number of ether oxygens (including phenoxy) is 1. The summed E-state index contributed by atoms with van der Waals surface area (Å²) in [6.45, 7) is 3.94. The molecule has 4 heteroatoms. The molecule has 0 fully saturated rings. The molecule has 0 spiro atoms. The number of hydrogen-bond acceptors (Lipinski definition) is 3. The Morgan fingerprint density at radius 2 is 1.88 bits per heavy atom. The second-order valence-electron chi connectivity index (χ2n) is 0.966. The Kier molecular flexibility index (Phi) is 6.15. The van der Waals surface area contributed by atoms with Gasteiger partial charge in [0, 0.05) is 24.0 Å². The van der Waals surface area contributed by atoms with E-state index in [4.69, 9.17) is 0 Å². The van der Waals surface area contributed by atoms with Crippen LogP contribution in [-0.4, -0.2) is 11.9 Å². The summed E-state index contributed by atoms with van der Waals surface area (Å²) in [6.07, 6.45) is 0. The van der Waals surface area contributed by atoms with Gasteiger partial charge in [0.05, 0.1) is 0 Å². The fourth-order valence-electron chi connectivity index (χ4n) is 0.160. The van der Waals surface area contributed by atoms with Crippen LogP contribution in [0.3, 0.4) is 0 Å². The minimum atomic E-state index is -0.813. The first-order chi connectivity index (χ1) is 3.13. The Balaban J connectivity index is 0. The van der Waals surface area contributed by atoms with Gasteiger partial charge in [0.25, 0.3) is 0 Å². The van der Waals surface area contributed by atoms with Gasteiger partial charge in [-0.2, -0.15) is 0 Å². The third kappa shape index (κ3) is 9.11. The molecule has 0 saturated heterocycles. The molecule has 0 heterocycles. The molecule has 0 unspecified atom stereocenters. The zero-order chi connectivity index (χ0) is 5.86. The average Bonchev–Trinajstić information content (AvgIpc) is 1.27. The molecule has 3 nitrogen and oxygen atoms in total. The van der Waals surface area contributed by atoms with Gasteiger partial charge >= 0.3 is 5.97 Å². The standard InChI is InChI=1S/C4H5O3.Fe/c1-3(5)7-4(2)6;/h1H2,2H3;/q-1;. The second kappa shape index (κ2) is 4.68. The predicted octanol–water partition coefficient (Wildman–Crippen LogP) is -0.0923. The fraction of sp³-hybridized carbons (Fsp3) is 0.250. The zero-order valence-electron chi connectivity index (χ0n) is 4.29. The van der Waals surface area contributed by atoms with E-state index in [9.17, 15) is 9.59 Å². The molecule has 0 radical (unpaired) electrons. The van der Waals surface area contributed by atoms with Gasteiger partial charge in [-0.15, -0.1) is 0 Å². The summed E-state index contributed by atoms with van der Waals surface area (Å²) < 4.78 is 3.86. The van der Waals surface area contributed by atoms with Crippen molar-refractivity contribution >= 4 is 11.9 Å². The van der Waals surface area contributed by atoms with Crippen LogP contribution in [0.1, 0.15) is 6.92 Å². The molecule has 0 aromatic rings. The number of hydrogen-bond donors (Lipinski definition) is 0. The zero-order valence-corrected chi connectivity index (χ0v) is 5.39. The molecule has 0 aromatic carbocycles. The molecule has 0 aliphatic rings. The van der Waals surface area contributed by atoms with E-state index in [0.717, 1.165) is 6.92 Å². The second-order valence-corrected chi connectivity index (χ2v) is 0.966. The van der Waals surface area contributed by atoms with Gasteiger partial charge in [-0.1, -0.05) is 0 Å². The van der Waals surface area contributed by atoms with Gasteiger partial charge in [-0.3, -0.25) is 16.5 Å². The normalized spacial score (nSPS) is 6.62. The van der Waals surface area contributed by atoms with Crippen molar-refractivity contribution in [2.75, 3.05) is 0 Å². The molecule has 0 amide bonds. The van der Waals surface area contributed by atoms with Crippen LogP contribution in [0.15, 0.2) is 0 Å². The van der Waals surface area contributed by atoms with Crippen LogP contribution in [0.25, 0.3) is 0 Å². The van der Waals surface area contributed by atoms with Crippen LogP contribution in [-0.2, 0) is 31.4 Å². The van der Waals surface area contributed by atoms with E-state index in [1.54, 1.807) is 0 Å². The number of carbonyl (C=O) groups is 2. The van der Waals surface area contributed by atoms with Crippen molar-refractivity contribution in [2.45, 2.75) is 6.92 Å². The Morgan fingerprint density at radius 3 is 1.88 bits per heavy atom. The molecule has 0 rings (SSSR count). The van der Waals surface area contributed by atoms with E-state index in [-0.39, 0.29) is 17.1 Å². The van der Waals surface area contributed by atoms with Gasteiger partial charge in [-0.25, -0.2) is 0 Å². The summed E-state index contributed by atoms with van der Waals surface area (Å²) in [5.74, 6) is -1.44. The molecule has 0 saturated carbocycles. The molecule has 0 bridgehead atoms. The first kappa shape index (κ1) is 10.5. The van der Waals surface area contributed by atoms with Crippen LogP contribution in [0.2, 0.25) is 0 Å². The van der Waals surface area contributed by atoms with E-state index in [1.807, 2.05) is 0 Å². The third-order valence-electron chi connectivity index (χ3n) is 0.258. The first-order valence-electron chi connectivity index (χ1n) is 1.67. The summed E-state index contributed by atoms with van der Waals surface area (Å²) in [7, 11) is 0. The van der Waals surface area contributed by atoms with E-state index < -0.39 is 11.9 Å². The van der Waals surface area contributed by atoms with E-state index in [0.29, 0.717) is 0 Å². The largest absolute Gasteiger partial charge is 0.421 e. The Bertz CT molecular complexity index is 87.5. The van der Waals surface area contributed by atoms with Gasteiger partial charge in [-0.05, 0) is 0 Å². The number of esters is 2. The fourth-order valence-corrected chi connectivity index (χ4v) is 0.160. The van der Waals surface area contributed by atoms with Crippen LogP contribution >= 0.6 is 0 Å². The smallest absolute Gasteiger partial charge is 0.308 e. The Labute approximate surface area is 57.9 Å². The summed E-state index contributed by atoms with van der Waals surface area (Å²) in [6, 6.07) is 0. The molecule has 0 N–H and O–H groups in total. The van der Waals surface area contributed by atoms with Gasteiger partial charge in [0.2, 0.25) is 0 Å². The van der Waals surface area contributed by atoms with Crippen molar-refractivity contribution in [1.29, 1.82) is 0 Å². The maximum absolute atomic E-state index is 9.77. The van der Waals surface area contributed by atoms with E-state index >= 15 is 0 Å². The number of carbonyl (C=O) groups excluding carboxylic acids is 2. The van der Waals surface area contributed by atoms with Crippen LogP contribution < -0.4 is 0 Å². The van der Waals surface area contributed by atoms with Crippen LogP contribution in [0, 0.1) is 6.92 Å². The van der Waals surface area contributed by atoms with Crippen molar-refractivity contribution in [1.82, 2.24) is 0 Å². The van der Waals surface area contributed by atoms with Crippen molar-refractivity contribution < 1.29 is 31.4 Å². The summed E-state index contributed by atoms with van der Waals surface area (Å²) in [5.41, 5.74) is 0. The summed E-state index contributed by atoms with van der Waals surface area (Å²) in [5, 5.41) is 0. The minimum absolute atomic E-state index is 0. The summed E-state index contributed by atoms with van der Waals surface area (Å²) >= 11 is 0.